The van der Waals surface area contributed by atoms with Gasteiger partial charge in [0.15, 0.2) is 0 Å². The molecule has 0 fully saturated rings. The molecule has 0 aliphatic carbocycles. The minimum atomic E-state index is -4.29. The van der Waals surface area contributed by atoms with Crippen LogP contribution in [0.4, 0.5) is 5.69 Å². The molecule has 0 bridgehead atoms. The fourth-order valence-corrected chi connectivity index (χ4v) is 6.55. The van der Waals surface area contributed by atoms with E-state index in [0.717, 1.165) is 9.87 Å². The van der Waals surface area contributed by atoms with Gasteiger partial charge < -0.3 is 14.9 Å². The van der Waals surface area contributed by atoms with Crippen LogP contribution in [0, 0.1) is 20.8 Å². The predicted octanol–water partition coefficient (Wildman–Crippen LogP) is 5.25. The van der Waals surface area contributed by atoms with Gasteiger partial charge in [0.25, 0.3) is 10.0 Å². The summed E-state index contributed by atoms with van der Waals surface area (Å²) >= 11 is 0. The van der Waals surface area contributed by atoms with Crippen LogP contribution >= 0.6 is 0 Å². The van der Waals surface area contributed by atoms with Gasteiger partial charge in [0.05, 0.1) is 10.6 Å². The maximum Gasteiger partial charge on any atom is 0.349 e. The molecule has 0 saturated carbocycles. The number of aliphatic carboxylic acids is 2. The second-order valence-corrected chi connectivity index (χ2v) is 10.8. The van der Waals surface area contributed by atoms with Gasteiger partial charge in [-0.3, -0.25) is 9.10 Å². The van der Waals surface area contributed by atoms with E-state index in [1.54, 1.807) is 80.6 Å². The average Bonchev–Trinajstić information content (AvgIpc) is 2.85. The van der Waals surface area contributed by atoms with Crippen LogP contribution in [0.5, 0.6) is 5.75 Å². The number of carboxylic acid groups (broad SMARTS) is 2. The molecule has 1 atom stereocenters. The van der Waals surface area contributed by atoms with Gasteiger partial charge in [-0.2, -0.15) is 0 Å². The second kappa shape index (κ2) is 10.5. The standard InChI is InChI=1S/C29H27NO7S/c1-18-15-19(2)28(20(3)16-18)38(35,36)30(17-26(31)32)24-13-14-25(23-12-8-7-11-22(23)24)37-27(29(33)34)21-9-5-4-6-10-21/h4-16,27H,17H2,1-3H3,(H,31,32)(H,33,34). The van der Waals surface area contributed by atoms with Crippen molar-refractivity contribution in [2.45, 2.75) is 31.8 Å². The number of rotatable bonds is 9. The highest BCUT2D eigenvalue weighted by atomic mass is 32.2. The second-order valence-electron chi connectivity index (χ2n) is 9.01. The molecule has 0 amide bonds. The maximum absolute atomic E-state index is 14.0. The van der Waals surface area contributed by atoms with E-state index in [-0.39, 0.29) is 16.3 Å². The van der Waals surface area contributed by atoms with Crippen LogP contribution in [-0.4, -0.2) is 37.1 Å². The van der Waals surface area contributed by atoms with E-state index in [1.165, 1.54) is 12.1 Å². The van der Waals surface area contributed by atoms with E-state index in [0.29, 0.717) is 27.5 Å². The Morgan fingerprint density at radius 1 is 0.842 bits per heavy atom. The first kappa shape index (κ1) is 26.7. The number of sulfonamides is 1. The van der Waals surface area contributed by atoms with Crippen molar-refractivity contribution in [2.75, 3.05) is 10.8 Å². The monoisotopic (exact) mass is 533 g/mol. The first-order valence-electron chi connectivity index (χ1n) is 11.8. The van der Waals surface area contributed by atoms with Crippen molar-refractivity contribution in [1.82, 2.24) is 0 Å². The summed E-state index contributed by atoms with van der Waals surface area (Å²) in [5.41, 5.74) is 2.49. The van der Waals surface area contributed by atoms with Gasteiger partial charge in [0, 0.05) is 16.3 Å². The van der Waals surface area contributed by atoms with Crippen molar-refractivity contribution in [1.29, 1.82) is 0 Å². The Morgan fingerprint density at radius 3 is 2.00 bits per heavy atom. The van der Waals surface area contributed by atoms with Gasteiger partial charge in [-0.15, -0.1) is 0 Å². The zero-order chi connectivity index (χ0) is 27.6. The molecule has 4 aromatic rings. The summed E-state index contributed by atoms with van der Waals surface area (Å²) in [7, 11) is -4.29. The number of carboxylic acids is 2. The molecule has 4 aromatic carbocycles. The van der Waals surface area contributed by atoms with Gasteiger partial charge in [-0.1, -0.05) is 72.3 Å². The van der Waals surface area contributed by atoms with Crippen LogP contribution in [-0.2, 0) is 19.6 Å². The predicted molar refractivity (Wildman–Crippen MR) is 144 cm³/mol. The molecule has 0 saturated heterocycles. The summed E-state index contributed by atoms with van der Waals surface area (Å²) in [6, 6.07) is 21.6. The lowest BCUT2D eigenvalue weighted by Crippen LogP contribution is -2.36. The third-order valence-corrected chi connectivity index (χ3v) is 8.20. The molecule has 8 nitrogen and oxygen atoms in total. The highest BCUT2D eigenvalue weighted by Gasteiger charge is 2.32. The van der Waals surface area contributed by atoms with Gasteiger partial charge in [0.2, 0.25) is 6.10 Å². The molecule has 9 heteroatoms. The number of aryl methyl sites for hydroxylation is 3. The first-order valence-corrected chi connectivity index (χ1v) is 13.2. The third kappa shape index (κ3) is 5.19. The van der Waals surface area contributed by atoms with Crippen molar-refractivity contribution >= 4 is 38.4 Å². The van der Waals surface area contributed by atoms with Crippen molar-refractivity contribution in [3.63, 3.8) is 0 Å². The summed E-state index contributed by atoms with van der Waals surface area (Å²) < 4.78 is 34.7. The summed E-state index contributed by atoms with van der Waals surface area (Å²) in [5.74, 6) is -2.30. The minimum Gasteiger partial charge on any atom is -0.480 e. The van der Waals surface area contributed by atoms with E-state index in [1.807, 2.05) is 6.92 Å². The van der Waals surface area contributed by atoms with Crippen LogP contribution in [0.3, 0.4) is 0 Å². The summed E-state index contributed by atoms with van der Waals surface area (Å²) in [6.07, 6.45) is -1.30. The zero-order valence-electron chi connectivity index (χ0n) is 21.1. The van der Waals surface area contributed by atoms with Gasteiger partial charge >= 0.3 is 11.9 Å². The normalized spacial score (nSPS) is 12.2. The van der Waals surface area contributed by atoms with Crippen molar-refractivity contribution in [3.05, 3.63) is 101 Å². The third-order valence-electron chi connectivity index (χ3n) is 6.13. The molecule has 0 heterocycles. The number of ether oxygens (including phenoxy) is 1. The number of anilines is 1. The molecule has 0 aliphatic heterocycles. The van der Waals surface area contributed by atoms with Crippen molar-refractivity contribution < 1.29 is 33.0 Å². The Labute approximate surface area is 220 Å². The van der Waals surface area contributed by atoms with Crippen LogP contribution < -0.4 is 9.04 Å². The molecule has 2 N–H and O–H groups in total. The van der Waals surface area contributed by atoms with E-state index in [9.17, 15) is 28.2 Å². The zero-order valence-corrected chi connectivity index (χ0v) is 21.9. The number of nitrogens with zero attached hydrogens (tertiary/aromatic N) is 1. The topological polar surface area (TPSA) is 121 Å². The smallest absolute Gasteiger partial charge is 0.349 e. The number of carbonyl (C=O) groups is 2. The fraction of sp³-hybridized carbons (Fsp3) is 0.172. The lowest BCUT2D eigenvalue weighted by molar-refractivity contribution is -0.145. The highest BCUT2D eigenvalue weighted by molar-refractivity contribution is 7.93. The van der Waals surface area contributed by atoms with Gasteiger partial charge in [-0.25, -0.2) is 13.2 Å². The Kier molecular flexibility index (Phi) is 7.41. The van der Waals surface area contributed by atoms with E-state index >= 15 is 0 Å². The Hall–Kier alpha value is -4.37. The average molecular weight is 534 g/mol. The summed E-state index contributed by atoms with van der Waals surface area (Å²) in [4.78, 5) is 23.9. The molecule has 0 aromatic heterocycles. The molecule has 196 valence electrons. The molecule has 38 heavy (non-hydrogen) atoms. The number of benzene rings is 4. The molecular formula is C29H27NO7S. The fourth-order valence-electron chi connectivity index (χ4n) is 4.70. The lowest BCUT2D eigenvalue weighted by Gasteiger charge is -2.27. The largest absolute Gasteiger partial charge is 0.480 e. The number of fused-ring (bicyclic) bond motifs is 1. The van der Waals surface area contributed by atoms with Crippen molar-refractivity contribution in [3.8, 4) is 5.75 Å². The molecule has 1 unspecified atom stereocenters. The van der Waals surface area contributed by atoms with Crippen molar-refractivity contribution in [2.24, 2.45) is 0 Å². The highest BCUT2D eigenvalue weighted by Crippen LogP contribution is 2.38. The van der Waals surface area contributed by atoms with E-state index in [4.69, 9.17) is 4.74 Å². The first-order chi connectivity index (χ1) is 18.0. The van der Waals surface area contributed by atoms with Crippen LogP contribution in [0.1, 0.15) is 28.4 Å². The quantitative estimate of drug-likeness (QED) is 0.301. The lowest BCUT2D eigenvalue weighted by atomic mass is 10.1. The van der Waals surface area contributed by atoms with E-state index < -0.39 is 34.6 Å². The van der Waals surface area contributed by atoms with Crippen LogP contribution in [0.2, 0.25) is 0 Å². The molecule has 4 rings (SSSR count). The Bertz CT molecular complexity index is 1610. The minimum absolute atomic E-state index is 0.0452. The number of hydrogen-bond donors (Lipinski definition) is 2. The van der Waals surface area contributed by atoms with Crippen LogP contribution in [0.15, 0.2) is 83.8 Å². The molecule has 0 radical (unpaired) electrons. The van der Waals surface area contributed by atoms with Gasteiger partial charge in [0.1, 0.15) is 12.3 Å². The van der Waals surface area contributed by atoms with Gasteiger partial charge in [-0.05, 0) is 44.0 Å². The molecule has 0 aliphatic rings. The summed E-state index contributed by atoms with van der Waals surface area (Å²) in [6.45, 7) is 4.41. The molecule has 0 spiro atoms. The van der Waals surface area contributed by atoms with E-state index in [2.05, 4.69) is 0 Å². The summed E-state index contributed by atoms with van der Waals surface area (Å²) in [5, 5.41) is 20.3. The number of hydrogen-bond acceptors (Lipinski definition) is 5. The van der Waals surface area contributed by atoms with Crippen LogP contribution in [0.25, 0.3) is 10.8 Å². The SMILES string of the molecule is Cc1cc(C)c(S(=O)(=O)N(CC(=O)O)c2ccc(OC(C(=O)O)c3ccccc3)c3ccccc23)c(C)c1. The Morgan fingerprint density at radius 2 is 1.42 bits per heavy atom. The molecular weight excluding hydrogens is 506 g/mol. The Balaban J connectivity index is 1.88. The maximum atomic E-state index is 14.0.